The molecule has 3 atom stereocenters. The Bertz CT molecular complexity index is 1020. The third-order valence-corrected chi connectivity index (χ3v) is 4.46. The molecule has 1 aliphatic rings. The van der Waals surface area contributed by atoms with Gasteiger partial charge in [0.25, 0.3) is 5.56 Å². The maximum absolute atomic E-state index is 13.4. The molecule has 5 nitrogen and oxygen atoms in total. The number of hydrogen-bond donors (Lipinski definition) is 1. The van der Waals surface area contributed by atoms with Gasteiger partial charge in [-0.1, -0.05) is 30.3 Å². The highest BCUT2D eigenvalue weighted by molar-refractivity contribution is 5.77. The Kier molecular flexibility index (Phi) is 3.33. The number of halogens is 1. The number of aromatic nitrogens is 2. The van der Waals surface area contributed by atoms with Gasteiger partial charge in [-0.3, -0.25) is 4.79 Å². The van der Waals surface area contributed by atoms with Crippen LogP contribution in [0.4, 0.5) is 4.39 Å². The van der Waals surface area contributed by atoms with Gasteiger partial charge in [0, 0.05) is 6.07 Å². The van der Waals surface area contributed by atoms with Crippen molar-refractivity contribution in [3.63, 3.8) is 0 Å². The van der Waals surface area contributed by atoms with E-state index in [2.05, 4.69) is 9.97 Å². The minimum absolute atomic E-state index is 0.0653. The van der Waals surface area contributed by atoms with Gasteiger partial charge in [0.1, 0.15) is 11.2 Å². The first-order valence-electron chi connectivity index (χ1n) is 7.81. The average molecular weight is 326 g/mol. The van der Waals surface area contributed by atoms with Crippen LogP contribution in [0, 0.1) is 0 Å². The summed E-state index contributed by atoms with van der Waals surface area (Å²) in [6.07, 6.45) is -0.599. The van der Waals surface area contributed by atoms with E-state index in [9.17, 15) is 14.0 Å². The zero-order valence-corrected chi connectivity index (χ0v) is 13.0. The molecule has 1 fully saturated rings. The second kappa shape index (κ2) is 5.40. The van der Waals surface area contributed by atoms with Crippen LogP contribution in [0.25, 0.3) is 11.1 Å². The fourth-order valence-electron chi connectivity index (χ4n) is 3.21. The van der Waals surface area contributed by atoms with Gasteiger partial charge in [0.2, 0.25) is 5.71 Å². The predicted octanol–water partition coefficient (Wildman–Crippen LogP) is 3.18. The highest BCUT2D eigenvalue weighted by atomic mass is 19.1. The van der Waals surface area contributed by atoms with E-state index in [0.29, 0.717) is 5.56 Å². The molecule has 0 saturated heterocycles. The van der Waals surface area contributed by atoms with Crippen LogP contribution in [0.3, 0.4) is 0 Å². The number of nitrogens with one attached hydrogen (secondary N) is 1. The first-order valence-corrected chi connectivity index (χ1v) is 7.81. The molecule has 0 radical (unpaired) electrons. The molecule has 0 amide bonds. The Morgan fingerprint density at radius 3 is 2.71 bits per heavy atom. The van der Waals surface area contributed by atoms with Gasteiger partial charge >= 0.3 is 5.63 Å². The topological polar surface area (TPSA) is 76.0 Å². The molecule has 2 heterocycles. The van der Waals surface area contributed by atoms with Crippen LogP contribution in [-0.2, 0) is 0 Å². The second-order valence-corrected chi connectivity index (χ2v) is 6.13. The summed E-state index contributed by atoms with van der Waals surface area (Å²) >= 11 is 0. The number of benzene rings is 1. The number of rotatable bonds is 3. The average Bonchev–Trinajstić information content (AvgIpc) is 3.35. The van der Waals surface area contributed by atoms with Gasteiger partial charge in [-0.25, -0.2) is 9.18 Å². The molecule has 3 aromatic rings. The zero-order chi connectivity index (χ0) is 16.8. The van der Waals surface area contributed by atoms with E-state index in [1.165, 1.54) is 18.6 Å². The van der Waals surface area contributed by atoms with Crippen molar-refractivity contribution in [3.05, 3.63) is 74.1 Å². The Balaban J connectivity index is 1.85. The largest absolute Gasteiger partial charge is 0.403 e. The van der Waals surface area contributed by atoms with Crippen molar-refractivity contribution in [1.29, 1.82) is 0 Å². The maximum Gasteiger partial charge on any atom is 0.337 e. The number of aromatic amines is 1. The molecule has 4 rings (SSSR count). The summed E-state index contributed by atoms with van der Waals surface area (Å²) in [7, 11) is 0. The summed E-state index contributed by atoms with van der Waals surface area (Å²) < 4.78 is 18.5. The quantitative estimate of drug-likeness (QED) is 0.802. The molecule has 1 aromatic carbocycles. The third kappa shape index (κ3) is 2.44. The summed E-state index contributed by atoms with van der Waals surface area (Å²) in [4.78, 5) is 30.7. The molecule has 1 saturated carbocycles. The van der Waals surface area contributed by atoms with Crippen molar-refractivity contribution in [3.8, 4) is 0 Å². The standard InChI is InChI=1S/C18H15FN2O3/c1-9(19)16-20-17(23)15-13(8-14(22)24-18(15)21-16)12-7-11(12)10-5-3-2-4-6-10/h2-6,8-9,11-12H,7H2,1H3,(H,20,21,23). The predicted molar refractivity (Wildman–Crippen MR) is 87.0 cm³/mol. The Morgan fingerprint density at radius 2 is 2.00 bits per heavy atom. The molecule has 122 valence electrons. The number of H-pyrrole nitrogens is 1. The summed E-state index contributed by atoms with van der Waals surface area (Å²) in [6.45, 7) is 1.26. The van der Waals surface area contributed by atoms with Crippen LogP contribution in [0.15, 0.2) is 50.4 Å². The fraction of sp³-hybridized carbons (Fsp3) is 0.278. The van der Waals surface area contributed by atoms with Crippen molar-refractivity contribution in [2.45, 2.75) is 31.4 Å². The first kappa shape index (κ1) is 14.8. The van der Waals surface area contributed by atoms with Crippen molar-refractivity contribution in [1.82, 2.24) is 9.97 Å². The van der Waals surface area contributed by atoms with Crippen LogP contribution < -0.4 is 11.2 Å². The van der Waals surface area contributed by atoms with Crippen molar-refractivity contribution in [2.24, 2.45) is 0 Å². The van der Waals surface area contributed by atoms with Crippen LogP contribution in [0.1, 0.15) is 48.3 Å². The van der Waals surface area contributed by atoms with E-state index in [0.717, 1.165) is 6.42 Å². The van der Waals surface area contributed by atoms with E-state index in [4.69, 9.17) is 4.42 Å². The van der Waals surface area contributed by atoms with Crippen molar-refractivity contribution >= 4 is 11.1 Å². The van der Waals surface area contributed by atoms with Gasteiger partial charge in [-0.15, -0.1) is 0 Å². The summed E-state index contributed by atoms with van der Waals surface area (Å²) in [5.74, 6) is 0.189. The molecule has 6 heteroatoms. The normalized spacial score (nSPS) is 20.9. The summed E-state index contributed by atoms with van der Waals surface area (Å²) in [6, 6.07) is 11.3. The third-order valence-electron chi connectivity index (χ3n) is 4.46. The summed E-state index contributed by atoms with van der Waals surface area (Å²) in [5.41, 5.74) is 0.646. The monoisotopic (exact) mass is 326 g/mol. The van der Waals surface area contributed by atoms with E-state index < -0.39 is 17.4 Å². The highest BCUT2D eigenvalue weighted by Gasteiger charge is 2.41. The van der Waals surface area contributed by atoms with Gasteiger partial charge in [-0.2, -0.15) is 4.98 Å². The van der Waals surface area contributed by atoms with Crippen LogP contribution >= 0.6 is 0 Å². The lowest BCUT2D eigenvalue weighted by molar-refractivity contribution is 0.355. The molecule has 0 bridgehead atoms. The fourth-order valence-corrected chi connectivity index (χ4v) is 3.21. The van der Waals surface area contributed by atoms with Crippen molar-refractivity contribution < 1.29 is 8.81 Å². The minimum Gasteiger partial charge on any atom is -0.403 e. The number of nitrogens with zero attached hydrogens (tertiary/aromatic N) is 1. The maximum atomic E-state index is 13.4. The molecular formula is C18H15FN2O3. The number of alkyl halides is 1. The molecule has 2 aromatic heterocycles. The molecule has 3 unspecified atom stereocenters. The van der Waals surface area contributed by atoms with Crippen molar-refractivity contribution in [2.75, 3.05) is 0 Å². The van der Waals surface area contributed by atoms with Gasteiger partial charge in [0.15, 0.2) is 6.17 Å². The van der Waals surface area contributed by atoms with Gasteiger partial charge in [-0.05, 0) is 36.3 Å². The number of fused-ring (bicyclic) bond motifs is 1. The molecule has 0 aliphatic heterocycles. The lowest BCUT2D eigenvalue weighted by Gasteiger charge is -2.06. The smallest absolute Gasteiger partial charge is 0.337 e. The molecule has 1 aliphatic carbocycles. The molecule has 0 spiro atoms. The van der Waals surface area contributed by atoms with E-state index >= 15 is 0 Å². The molecule has 24 heavy (non-hydrogen) atoms. The van der Waals surface area contributed by atoms with E-state index in [1.54, 1.807) is 0 Å². The van der Waals surface area contributed by atoms with Gasteiger partial charge in [0.05, 0.1) is 0 Å². The van der Waals surface area contributed by atoms with E-state index in [-0.39, 0.29) is 28.8 Å². The number of hydrogen-bond acceptors (Lipinski definition) is 4. The van der Waals surface area contributed by atoms with Gasteiger partial charge < -0.3 is 9.40 Å². The van der Waals surface area contributed by atoms with Crippen LogP contribution in [0.5, 0.6) is 0 Å². The highest BCUT2D eigenvalue weighted by Crippen LogP contribution is 2.55. The zero-order valence-electron chi connectivity index (χ0n) is 13.0. The van der Waals surface area contributed by atoms with Crippen LogP contribution in [0.2, 0.25) is 0 Å². The van der Waals surface area contributed by atoms with E-state index in [1.807, 2.05) is 30.3 Å². The molecular weight excluding hydrogens is 311 g/mol. The second-order valence-electron chi connectivity index (χ2n) is 6.13. The molecule has 1 N–H and O–H groups in total. The lowest BCUT2D eigenvalue weighted by atomic mass is 10.0. The summed E-state index contributed by atoms with van der Waals surface area (Å²) in [5, 5.41) is 0.238. The first-order chi connectivity index (χ1) is 11.5. The Morgan fingerprint density at radius 1 is 1.25 bits per heavy atom. The SMILES string of the molecule is CC(F)c1nc2oc(=O)cc(C3CC3c3ccccc3)c2c(=O)[nH]1. The Labute approximate surface area is 136 Å². The minimum atomic E-state index is -1.45. The lowest BCUT2D eigenvalue weighted by Crippen LogP contribution is -2.16. The van der Waals surface area contributed by atoms with Crippen LogP contribution in [-0.4, -0.2) is 9.97 Å². The Hall–Kier alpha value is -2.76.